The molecule has 5 heteroatoms. The predicted molar refractivity (Wildman–Crippen MR) is 96.9 cm³/mol. The fourth-order valence-electron chi connectivity index (χ4n) is 2.61. The maximum Gasteiger partial charge on any atom is 0.309 e. The SMILES string of the molecule is COC(=O)[C@@H](C)CN(Cc1ccccc1)Cc1ncc(C(C)(C)C)o1. The second kappa shape index (κ2) is 8.30. The van der Waals surface area contributed by atoms with E-state index in [1.807, 2.05) is 25.1 Å². The normalized spacial score (nSPS) is 13.0. The molecule has 0 aliphatic carbocycles. The van der Waals surface area contributed by atoms with Crippen LogP contribution in [0.5, 0.6) is 0 Å². The highest BCUT2D eigenvalue weighted by Gasteiger charge is 2.22. The van der Waals surface area contributed by atoms with Gasteiger partial charge in [-0.1, -0.05) is 58.0 Å². The molecule has 0 fully saturated rings. The van der Waals surface area contributed by atoms with Crippen molar-refractivity contribution in [2.45, 2.75) is 46.2 Å². The molecule has 1 heterocycles. The molecule has 0 saturated carbocycles. The molecule has 1 atom stereocenters. The maximum absolute atomic E-state index is 11.8. The van der Waals surface area contributed by atoms with Crippen LogP contribution in [-0.4, -0.2) is 29.5 Å². The van der Waals surface area contributed by atoms with Crippen LogP contribution in [0.1, 0.15) is 44.9 Å². The third-order valence-corrected chi connectivity index (χ3v) is 4.04. The van der Waals surface area contributed by atoms with Gasteiger partial charge < -0.3 is 9.15 Å². The second-order valence-electron chi connectivity index (χ2n) is 7.45. The van der Waals surface area contributed by atoms with Crippen molar-refractivity contribution >= 4 is 5.97 Å². The summed E-state index contributed by atoms with van der Waals surface area (Å²) in [4.78, 5) is 18.4. The molecular weight excluding hydrogens is 316 g/mol. The highest BCUT2D eigenvalue weighted by Crippen LogP contribution is 2.23. The molecule has 0 aliphatic rings. The number of carbonyl (C=O) groups excluding carboxylic acids is 1. The Morgan fingerprint density at radius 3 is 2.48 bits per heavy atom. The van der Waals surface area contributed by atoms with Gasteiger partial charge >= 0.3 is 5.97 Å². The van der Waals surface area contributed by atoms with Crippen LogP contribution in [0.15, 0.2) is 40.9 Å². The Labute approximate surface area is 150 Å². The Morgan fingerprint density at radius 1 is 1.24 bits per heavy atom. The monoisotopic (exact) mass is 344 g/mol. The lowest BCUT2D eigenvalue weighted by molar-refractivity contribution is -0.145. The summed E-state index contributed by atoms with van der Waals surface area (Å²) < 4.78 is 10.8. The van der Waals surface area contributed by atoms with E-state index in [2.05, 4.69) is 42.8 Å². The first-order valence-electron chi connectivity index (χ1n) is 8.59. The van der Waals surface area contributed by atoms with Crippen LogP contribution < -0.4 is 0 Å². The minimum Gasteiger partial charge on any atom is -0.469 e. The molecule has 25 heavy (non-hydrogen) atoms. The predicted octanol–water partition coefficient (Wildman–Crippen LogP) is 3.78. The standard InChI is InChI=1S/C20H28N2O3/c1-15(19(23)24-5)12-22(13-16-9-7-6-8-10-16)14-18-21-11-17(25-18)20(2,3)4/h6-11,15H,12-14H2,1-5H3/t15-/m0/s1. The molecule has 136 valence electrons. The Bertz CT molecular complexity index is 674. The number of benzene rings is 1. The lowest BCUT2D eigenvalue weighted by atomic mass is 9.94. The van der Waals surface area contributed by atoms with Crippen molar-refractivity contribution in [3.8, 4) is 0 Å². The molecule has 5 nitrogen and oxygen atoms in total. The first kappa shape index (κ1) is 19.2. The second-order valence-corrected chi connectivity index (χ2v) is 7.45. The van der Waals surface area contributed by atoms with E-state index in [1.54, 1.807) is 6.20 Å². The summed E-state index contributed by atoms with van der Waals surface area (Å²) in [6.07, 6.45) is 1.79. The van der Waals surface area contributed by atoms with Crippen LogP contribution in [0.4, 0.5) is 0 Å². The summed E-state index contributed by atoms with van der Waals surface area (Å²) in [5.41, 5.74) is 1.11. The molecule has 0 radical (unpaired) electrons. The van der Waals surface area contributed by atoms with Gasteiger partial charge in [-0.05, 0) is 5.56 Å². The van der Waals surface area contributed by atoms with Crippen LogP contribution in [-0.2, 0) is 28.0 Å². The van der Waals surface area contributed by atoms with Gasteiger partial charge in [0.25, 0.3) is 0 Å². The van der Waals surface area contributed by atoms with Gasteiger partial charge in [-0.15, -0.1) is 0 Å². The van der Waals surface area contributed by atoms with Crippen LogP contribution in [0, 0.1) is 5.92 Å². The maximum atomic E-state index is 11.8. The van der Waals surface area contributed by atoms with Gasteiger partial charge in [-0.3, -0.25) is 9.69 Å². The van der Waals surface area contributed by atoms with Gasteiger partial charge in [0.1, 0.15) is 5.76 Å². The van der Waals surface area contributed by atoms with Crippen LogP contribution >= 0.6 is 0 Å². The average Bonchev–Trinajstić information content (AvgIpc) is 3.03. The summed E-state index contributed by atoms with van der Waals surface area (Å²) in [6.45, 7) is 10.0. The van der Waals surface area contributed by atoms with Crippen molar-refractivity contribution in [3.63, 3.8) is 0 Å². The van der Waals surface area contributed by atoms with Gasteiger partial charge in [0, 0.05) is 18.5 Å². The van der Waals surface area contributed by atoms with E-state index in [1.165, 1.54) is 12.7 Å². The third-order valence-electron chi connectivity index (χ3n) is 4.04. The Hall–Kier alpha value is -2.14. The lowest BCUT2D eigenvalue weighted by Crippen LogP contribution is -2.32. The van der Waals surface area contributed by atoms with Crippen molar-refractivity contribution in [2.24, 2.45) is 5.92 Å². The van der Waals surface area contributed by atoms with Gasteiger partial charge in [-0.25, -0.2) is 4.98 Å². The van der Waals surface area contributed by atoms with Crippen molar-refractivity contribution in [2.75, 3.05) is 13.7 Å². The third kappa shape index (κ3) is 5.71. The number of hydrogen-bond acceptors (Lipinski definition) is 5. The van der Waals surface area contributed by atoms with E-state index in [9.17, 15) is 4.79 Å². The first-order valence-corrected chi connectivity index (χ1v) is 8.59. The van der Waals surface area contributed by atoms with Crippen LogP contribution in [0.3, 0.4) is 0 Å². The Morgan fingerprint density at radius 2 is 1.92 bits per heavy atom. The quantitative estimate of drug-likeness (QED) is 0.715. The number of ether oxygens (including phenoxy) is 1. The fraction of sp³-hybridized carbons (Fsp3) is 0.500. The van der Waals surface area contributed by atoms with Crippen molar-refractivity contribution in [1.82, 2.24) is 9.88 Å². The minimum absolute atomic E-state index is 0.0746. The zero-order chi connectivity index (χ0) is 18.4. The van der Waals surface area contributed by atoms with Gasteiger partial charge in [0.15, 0.2) is 0 Å². The first-order chi connectivity index (χ1) is 11.8. The number of oxazole rings is 1. The van der Waals surface area contributed by atoms with E-state index < -0.39 is 0 Å². The number of rotatable bonds is 7. The van der Waals surface area contributed by atoms with Crippen molar-refractivity contribution < 1.29 is 13.9 Å². The molecule has 1 aromatic carbocycles. The topological polar surface area (TPSA) is 55.6 Å². The largest absolute Gasteiger partial charge is 0.469 e. The van der Waals surface area contributed by atoms with Crippen molar-refractivity contribution in [1.29, 1.82) is 0 Å². The molecule has 0 bridgehead atoms. The van der Waals surface area contributed by atoms with E-state index in [-0.39, 0.29) is 17.3 Å². The number of aromatic nitrogens is 1. The zero-order valence-corrected chi connectivity index (χ0v) is 15.8. The van der Waals surface area contributed by atoms with E-state index in [4.69, 9.17) is 9.15 Å². The van der Waals surface area contributed by atoms with Gasteiger partial charge in [-0.2, -0.15) is 0 Å². The lowest BCUT2D eigenvalue weighted by Gasteiger charge is -2.23. The number of carbonyl (C=O) groups is 1. The summed E-state index contributed by atoms with van der Waals surface area (Å²) in [6, 6.07) is 10.2. The molecule has 0 unspecified atom stereocenters. The van der Waals surface area contributed by atoms with Crippen LogP contribution in [0.2, 0.25) is 0 Å². The molecule has 2 rings (SSSR count). The van der Waals surface area contributed by atoms with E-state index in [0.717, 1.165) is 12.3 Å². The smallest absolute Gasteiger partial charge is 0.309 e. The molecule has 1 aromatic heterocycles. The minimum atomic E-state index is -0.217. The Balaban J connectivity index is 2.13. The summed E-state index contributed by atoms with van der Waals surface area (Å²) in [5.74, 6) is 1.10. The molecule has 2 aromatic rings. The van der Waals surface area contributed by atoms with Crippen LogP contribution in [0.25, 0.3) is 0 Å². The number of methoxy groups -OCH3 is 1. The van der Waals surface area contributed by atoms with Crippen molar-refractivity contribution in [3.05, 3.63) is 53.7 Å². The Kier molecular flexibility index (Phi) is 6.37. The van der Waals surface area contributed by atoms with Gasteiger partial charge in [0.2, 0.25) is 5.89 Å². The zero-order valence-electron chi connectivity index (χ0n) is 15.8. The number of esters is 1. The molecule has 0 N–H and O–H groups in total. The molecule has 0 amide bonds. The number of hydrogen-bond donors (Lipinski definition) is 0. The number of nitrogens with zero attached hydrogens (tertiary/aromatic N) is 2. The van der Waals surface area contributed by atoms with E-state index in [0.29, 0.717) is 19.0 Å². The molecule has 0 saturated heterocycles. The molecule has 0 spiro atoms. The molecular formula is C20H28N2O3. The highest BCUT2D eigenvalue weighted by atomic mass is 16.5. The summed E-state index contributed by atoms with van der Waals surface area (Å²) >= 11 is 0. The average molecular weight is 344 g/mol. The molecule has 0 aliphatic heterocycles. The highest BCUT2D eigenvalue weighted by molar-refractivity contribution is 5.72. The summed E-state index contributed by atoms with van der Waals surface area (Å²) in [7, 11) is 1.42. The fourth-order valence-corrected chi connectivity index (χ4v) is 2.61. The summed E-state index contributed by atoms with van der Waals surface area (Å²) in [5, 5.41) is 0. The van der Waals surface area contributed by atoms with E-state index >= 15 is 0 Å². The van der Waals surface area contributed by atoms with Gasteiger partial charge in [0.05, 0.1) is 25.8 Å².